The zero-order valence-electron chi connectivity index (χ0n) is 22.5. The zero-order valence-corrected chi connectivity index (χ0v) is 22.5. The number of primary amides is 1. The summed E-state index contributed by atoms with van der Waals surface area (Å²) in [7, 11) is 3.01. The van der Waals surface area contributed by atoms with Gasteiger partial charge in [0.25, 0.3) is 5.91 Å². The van der Waals surface area contributed by atoms with Gasteiger partial charge >= 0.3 is 5.97 Å². The third-order valence-corrected chi connectivity index (χ3v) is 8.79. The summed E-state index contributed by atoms with van der Waals surface area (Å²) in [6.45, 7) is 7.14. The van der Waals surface area contributed by atoms with Crippen molar-refractivity contribution in [2.75, 3.05) is 14.1 Å². The van der Waals surface area contributed by atoms with E-state index in [0.29, 0.717) is 11.1 Å². The Morgan fingerprint density at radius 1 is 1.08 bits per heavy atom. The molecule has 208 valence electrons. The number of ketones is 2. The number of phenols is 1. The van der Waals surface area contributed by atoms with Gasteiger partial charge in [-0.15, -0.1) is 0 Å². The first-order chi connectivity index (χ1) is 18.0. The van der Waals surface area contributed by atoms with Crippen LogP contribution in [0.15, 0.2) is 34.8 Å². The second kappa shape index (κ2) is 8.15. The Labute approximate surface area is 224 Å². The van der Waals surface area contributed by atoms with Gasteiger partial charge in [0.05, 0.1) is 23.4 Å². The number of aromatic hydroxyl groups is 1. The SMILES string of the molecule is CC1C(=O)O[C@H]2[C@H]3C(=C(O)[C@]4(O)C(=O)C(C(N)=O)=C(O)[C@@H](N(C)C)[C@H]24)C(=O)c2c(ccc(C(C)(C)C)c2O)[C@H]13. The molecule has 11 nitrogen and oxygen atoms in total. The van der Waals surface area contributed by atoms with E-state index >= 15 is 0 Å². The van der Waals surface area contributed by atoms with Gasteiger partial charge in [0, 0.05) is 23.0 Å². The number of rotatable bonds is 2. The molecule has 6 N–H and O–H groups in total. The number of nitrogens with zero attached hydrogens (tertiary/aromatic N) is 1. The van der Waals surface area contributed by atoms with Crippen molar-refractivity contribution in [3.05, 3.63) is 51.5 Å². The molecule has 1 saturated heterocycles. The van der Waals surface area contributed by atoms with Gasteiger partial charge in [0.1, 0.15) is 28.9 Å². The Morgan fingerprint density at radius 3 is 2.23 bits per heavy atom. The van der Waals surface area contributed by atoms with E-state index in [9.17, 15) is 39.6 Å². The third-order valence-electron chi connectivity index (χ3n) is 8.79. The lowest BCUT2D eigenvalue weighted by Crippen LogP contribution is -2.70. The van der Waals surface area contributed by atoms with Crippen LogP contribution in [0.3, 0.4) is 0 Å². The highest BCUT2D eigenvalue weighted by Gasteiger charge is 2.70. The Hall–Kier alpha value is -3.70. The second-order valence-electron chi connectivity index (χ2n) is 12.2. The molecular weight excluding hydrogens is 508 g/mol. The fraction of sp³-hybridized carbons (Fsp3) is 0.500. The number of hydrogen-bond acceptors (Lipinski definition) is 10. The van der Waals surface area contributed by atoms with Crippen molar-refractivity contribution in [1.29, 1.82) is 0 Å². The monoisotopic (exact) mass is 540 g/mol. The molecule has 7 atom stereocenters. The van der Waals surface area contributed by atoms with Gasteiger partial charge in [-0.2, -0.15) is 0 Å². The molecule has 1 fully saturated rings. The Balaban J connectivity index is 1.88. The maximum absolute atomic E-state index is 14.1. The average molecular weight is 541 g/mol. The number of aliphatic hydroxyl groups excluding tert-OH is 2. The molecule has 1 unspecified atom stereocenters. The Kier molecular flexibility index (Phi) is 5.62. The molecule has 0 saturated carbocycles. The normalized spacial score (nSPS) is 34.0. The van der Waals surface area contributed by atoms with E-state index in [-0.39, 0.29) is 16.9 Å². The molecule has 0 aromatic heterocycles. The maximum Gasteiger partial charge on any atom is 0.309 e. The van der Waals surface area contributed by atoms with Crippen molar-refractivity contribution in [1.82, 2.24) is 4.90 Å². The fourth-order valence-electron chi connectivity index (χ4n) is 7.06. The van der Waals surface area contributed by atoms with Crippen LogP contribution in [0.2, 0.25) is 0 Å². The first-order valence-electron chi connectivity index (χ1n) is 12.7. The summed E-state index contributed by atoms with van der Waals surface area (Å²) in [6, 6.07) is 2.08. The van der Waals surface area contributed by atoms with E-state index in [1.807, 2.05) is 20.8 Å². The van der Waals surface area contributed by atoms with Gasteiger partial charge in [-0.25, -0.2) is 0 Å². The van der Waals surface area contributed by atoms with Crippen LogP contribution in [0.25, 0.3) is 0 Å². The summed E-state index contributed by atoms with van der Waals surface area (Å²) in [6.07, 6.45) is -1.36. The Bertz CT molecular complexity index is 1430. The summed E-state index contributed by atoms with van der Waals surface area (Å²) in [5.74, 6) is -10.4. The van der Waals surface area contributed by atoms with Gasteiger partial charge in [-0.3, -0.25) is 24.1 Å². The van der Waals surface area contributed by atoms with E-state index in [2.05, 4.69) is 0 Å². The van der Waals surface area contributed by atoms with Gasteiger partial charge in [0.2, 0.25) is 5.78 Å². The highest BCUT2D eigenvalue weighted by molar-refractivity contribution is 6.25. The minimum atomic E-state index is -2.93. The van der Waals surface area contributed by atoms with Crippen LogP contribution in [0.1, 0.15) is 55.1 Å². The van der Waals surface area contributed by atoms with Crippen molar-refractivity contribution in [3.63, 3.8) is 0 Å². The largest absolute Gasteiger partial charge is 0.510 e. The summed E-state index contributed by atoms with van der Waals surface area (Å²) in [5, 5.41) is 45.9. The number of phenolic OH excluding ortho intramolecular Hbond substituents is 1. The number of ether oxygens (including phenoxy) is 1. The van der Waals surface area contributed by atoms with Crippen LogP contribution in [-0.4, -0.2) is 80.6 Å². The second-order valence-corrected chi connectivity index (χ2v) is 12.2. The van der Waals surface area contributed by atoms with E-state index in [1.165, 1.54) is 19.0 Å². The number of benzene rings is 1. The summed E-state index contributed by atoms with van der Waals surface area (Å²) < 4.78 is 5.78. The smallest absolute Gasteiger partial charge is 0.309 e. The van der Waals surface area contributed by atoms with Gasteiger partial charge < -0.3 is 30.9 Å². The molecule has 1 heterocycles. The number of esters is 1. The van der Waals surface area contributed by atoms with E-state index < -0.39 is 87.4 Å². The van der Waals surface area contributed by atoms with Crippen molar-refractivity contribution >= 4 is 23.4 Å². The fourth-order valence-corrected chi connectivity index (χ4v) is 7.06. The number of likely N-dealkylation sites (N-methyl/N-ethyl adjacent to an activating group) is 1. The van der Waals surface area contributed by atoms with Crippen LogP contribution in [0, 0.1) is 17.8 Å². The summed E-state index contributed by atoms with van der Waals surface area (Å²) >= 11 is 0. The first-order valence-corrected chi connectivity index (χ1v) is 12.7. The van der Waals surface area contributed by atoms with E-state index in [0.717, 1.165) is 0 Å². The molecule has 1 amide bonds. The average Bonchev–Trinajstić information content (AvgIpc) is 2.81. The topological polar surface area (TPSA) is 188 Å². The molecule has 11 heteroatoms. The highest BCUT2D eigenvalue weighted by atomic mass is 16.5. The first kappa shape index (κ1) is 26.9. The standard InChI is InChI=1S/C28H32N2O9/c1-9-12-10-7-8-11(27(2,3)4)19(31)13(10)20(32)15-14(12)22(39-26(9)37)17-18(30(5)6)21(33)16(25(29)36)24(35)28(17,38)23(15)34/h7-9,12,14,17-18,22,31,33-34,38H,1-6H3,(H2,29,36)/t9?,12-,14+,17+,18-,22-,28-/m0/s1. The number of carbonyl (C=O) groups is 4. The molecule has 4 aliphatic rings. The molecule has 39 heavy (non-hydrogen) atoms. The van der Waals surface area contributed by atoms with Crippen LogP contribution < -0.4 is 5.73 Å². The molecule has 1 aromatic carbocycles. The highest BCUT2D eigenvalue weighted by Crippen LogP contribution is 2.60. The van der Waals surface area contributed by atoms with Crippen molar-refractivity contribution in [3.8, 4) is 5.75 Å². The van der Waals surface area contributed by atoms with Crippen molar-refractivity contribution < 1.29 is 44.3 Å². The van der Waals surface area contributed by atoms with Crippen molar-refractivity contribution in [2.24, 2.45) is 23.5 Å². The molecule has 1 aromatic rings. The van der Waals surface area contributed by atoms with Crippen molar-refractivity contribution in [2.45, 2.75) is 56.8 Å². The molecule has 0 bridgehead atoms. The van der Waals surface area contributed by atoms with Crippen LogP contribution in [0.5, 0.6) is 5.75 Å². The van der Waals surface area contributed by atoms with E-state index in [1.54, 1.807) is 19.1 Å². The third kappa shape index (κ3) is 3.23. The van der Waals surface area contributed by atoms with E-state index in [4.69, 9.17) is 10.5 Å². The summed E-state index contributed by atoms with van der Waals surface area (Å²) in [5.41, 5.74) is 1.28. The van der Waals surface area contributed by atoms with Crippen LogP contribution in [0.4, 0.5) is 0 Å². The minimum Gasteiger partial charge on any atom is -0.510 e. The summed E-state index contributed by atoms with van der Waals surface area (Å²) in [4.78, 5) is 54.6. The van der Waals surface area contributed by atoms with Gasteiger partial charge in [-0.05, 0) is 25.1 Å². The molecule has 0 radical (unpaired) electrons. The zero-order chi connectivity index (χ0) is 29.1. The molecule has 5 rings (SSSR count). The maximum atomic E-state index is 14.1. The number of aliphatic hydroxyl groups is 3. The lowest BCUT2D eigenvalue weighted by Gasteiger charge is -2.57. The molecular formula is C28H32N2O9. The lowest BCUT2D eigenvalue weighted by molar-refractivity contribution is -0.194. The number of amides is 1. The number of nitrogens with two attached hydrogens (primary N) is 1. The number of Topliss-reactive ketones (excluding diaryl/α,β-unsaturated/α-hetero) is 2. The minimum absolute atomic E-state index is 0.131. The van der Waals surface area contributed by atoms with Gasteiger partial charge in [-0.1, -0.05) is 39.8 Å². The van der Waals surface area contributed by atoms with Crippen LogP contribution in [-0.2, 0) is 24.5 Å². The quantitative estimate of drug-likeness (QED) is 0.269. The molecule has 1 aliphatic heterocycles. The Morgan fingerprint density at radius 2 is 1.69 bits per heavy atom. The number of carbonyl (C=O) groups excluding carboxylic acids is 4. The lowest BCUT2D eigenvalue weighted by atomic mass is 9.52. The predicted octanol–water partition coefficient (Wildman–Crippen LogP) is 1.13. The molecule has 0 spiro atoms. The number of fused-ring (bicyclic) bond motifs is 4. The van der Waals surface area contributed by atoms with Gasteiger partial charge in [0.15, 0.2) is 11.4 Å². The predicted molar refractivity (Wildman–Crippen MR) is 136 cm³/mol. The van der Waals surface area contributed by atoms with Crippen LogP contribution >= 0.6 is 0 Å². The molecule has 3 aliphatic carbocycles. The number of hydrogen-bond donors (Lipinski definition) is 5.